The molecule has 0 saturated heterocycles. The number of fused-ring (bicyclic) bond motifs is 3. The van der Waals surface area contributed by atoms with Crippen LogP contribution >= 0.6 is 15.9 Å². The van der Waals surface area contributed by atoms with E-state index in [0.717, 1.165) is 10.0 Å². The Morgan fingerprint density at radius 2 is 1.85 bits per heavy atom. The van der Waals surface area contributed by atoms with Crippen molar-refractivity contribution in [2.75, 3.05) is 5.32 Å². The van der Waals surface area contributed by atoms with Gasteiger partial charge in [-0.3, -0.25) is 4.79 Å². The van der Waals surface area contributed by atoms with Crippen molar-refractivity contribution < 1.29 is 9.21 Å². The summed E-state index contributed by atoms with van der Waals surface area (Å²) in [5.74, 6) is 0.325. The first-order chi connectivity index (χ1) is 13.1. The lowest BCUT2D eigenvalue weighted by Gasteiger charge is -2.10. The van der Waals surface area contributed by atoms with Crippen molar-refractivity contribution in [3.05, 3.63) is 63.4 Å². The van der Waals surface area contributed by atoms with Gasteiger partial charge in [-0.15, -0.1) is 0 Å². The Hall–Kier alpha value is -3.06. The van der Waals surface area contributed by atoms with Crippen LogP contribution in [0.2, 0.25) is 0 Å². The van der Waals surface area contributed by atoms with Gasteiger partial charge in [-0.2, -0.15) is 0 Å². The third-order valence-corrected chi connectivity index (χ3v) is 4.67. The minimum atomic E-state index is -0.586. The number of nitrogens with one attached hydrogen (secondary N) is 1. The van der Waals surface area contributed by atoms with Crippen molar-refractivity contribution in [3.8, 4) is 11.4 Å². The molecule has 134 valence electrons. The number of nitrogens with zero attached hydrogens (tertiary/aromatic N) is 2. The highest BCUT2D eigenvalue weighted by Gasteiger charge is 2.18. The monoisotopic (exact) mass is 423 g/mol. The van der Waals surface area contributed by atoms with Gasteiger partial charge < -0.3 is 9.73 Å². The van der Waals surface area contributed by atoms with Gasteiger partial charge in [-0.1, -0.05) is 47.1 Å². The van der Waals surface area contributed by atoms with E-state index >= 15 is 0 Å². The van der Waals surface area contributed by atoms with Crippen molar-refractivity contribution in [2.24, 2.45) is 0 Å². The summed E-state index contributed by atoms with van der Waals surface area (Å²) in [6.45, 7) is 1.73. The number of rotatable bonds is 3. The Morgan fingerprint density at radius 3 is 2.59 bits per heavy atom. The molecule has 0 saturated carbocycles. The van der Waals surface area contributed by atoms with E-state index < -0.39 is 5.63 Å². The van der Waals surface area contributed by atoms with Crippen LogP contribution < -0.4 is 10.9 Å². The van der Waals surface area contributed by atoms with E-state index in [9.17, 15) is 9.59 Å². The van der Waals surface area contributed by atoms with Crippen LogP contribution in [-0.2, 0) is 4.79 Å². The second-order valence-corrected chi connectivity index (χ2v) is 6.83. The number of hydrogen-bond donors (Lipinski definition) is 1. The molecule has 2 heterocycles. The van der Waals surface area contributed by atoms with Crippen LogP contribution in [-0.4, -0.2) is 15.9 Å². The maximum Gasteiger partial charge on any atom is 0.349 e. The zero-order chi connectivity index (χ0) is 19.0. The molecule has 27 heavy (non-hydrogen) atoms. The highest BCUT2D eigenvalue weighted by atomic mass is 79.9. The fourth-order valence-electron chi connectivity index (χ4n) is 2.79. The van der Waals surface area contributed by atoms with Gasteiger partial charge in [0.05, 0.1) is 5.52 Å². The van der Waals surface area contributed by atoms with Crippen molar-refractivity contribution in [3.63, 3.8) is 0 Å². The number of carbonyl (C=O) groups is 1. The van der Waals surface area contributed by atoms with Crippen LogP contribution in [0, 0.1) is 0 Å². The van der Waals surface area contributed by atoms with Gasteiger partial charge in [0.2, 0.25) is 5.91 Å². The van der Waals surface area contributed by atoms with E-state index in [1.54, 1.807) is 19.1 Å². The summed E-state index contributed by atoms with van der Waals surface area (Å²) in [4.78, 5) is 33.6. The van der Waals surface area contributed by atoms with E-state index in [2.05, 4.69) is 31.2 Å². The first-order valence-electron chi connectivity index (χ1n) is 8.36. The maximum absolute atomic E-state index is 12.6. The summed E-state index contributed by atoms with van der Waals surface area (Å²) in [5, 5.41) is 3.55. The summed E-state index contributed by atoms with van der Waals surface area (Å²) in [7, 11) is 0. The van der Waals surface area contributed by atoms with E-state index in [1.165, 1.54) is 0 Å². The number of benzene rings is 2. The predicted octanol–water partition coefficient (Wildman–Crippen LogP) is 4.51. The molecule has 0 unspecified atom stereocenters. The van der Waals surface area contributed by atoms with E-state index in [1.807, 2.05) is 36.4 Å². The SMILES string of the molecule is CCC(=O)Nc1nc(-c2ccc(Br)cc2)nc2c1c(=O)oc1ccccc12. The maximum atomic E-state index is 12.6. The van der Waals surface area contributed by atoms with Gasteiger partial charge in [0.1, 0.15) is 11.0 Å². The second-order valence-electron chi connectivity index (χ2n) is 5.91. The number of carbonyl (C=O) groups excluding carboxylic acids is 1. The smallest absolute Gasteiger partial charge is 0.349 e. The topological polar surface area (TPSA) is 85.1 Å². The number of aromatic nitrogens is 2. The zero-order valence-corrected chi connectivity index (χ0v) is 15.9. The van der Waals surface area contributed by atoms with Gasteiger partial charge in [0.15, 0.2) is 11.6 Å². The van der Waals surface area contributed by atoms with Gasteiger partial charge in [0.25, 0.3) is 0 Å². The van der Waals surface area contributed by atoms with E-state index in [-0.39, 0.29) is 23.5 Å². The number of anilines is 1. The third kappa shape index (κ3) is 3.21. The summed E-state index contributed by atoms with van der Waals surface area (Å²) < 4.78 is 6.33. The van der Waals surface area contributed by atoms with Gasteiger partial charge in [0, 0.05) is 21.8 Å². The fourth-order valence-corrected chi connectivity index (χ4v) is 3.05. The van der Waals surface area contributed by atoms with Crippen molar-refractivity contribution in [1.82, 2.24) is 9.97 Å². The van der Waals surface area contributed by atoms with Crippen LogP contribution in [0.1, 0.15) is 13.3 Å². The van der Waals surface area contributed by atoms with E-state index in [4.69, 9.17) is 4.42 Å². The molecule has 4 rings (SSSR count). The molecule has 2 aromatic heterocycles. The highest BCUT2D eigenvalue weighted by molar-refractivity contribution is 9.10. The summed E-state index contributed by atoms with van der Waals surface area (Å²) in [5.41, 5.74) is 1.06. The summed E-state index contributed by atoms with van der Waals surface area (Å²) in [6.07, 6.45) is 0.262. The molecule has 6 nitrogen and oxygen atoms in total. The Balaban J connectivity index is 2.08. The van der Waals surface area contributed by atoms with Crippen LogP contribution in [0.4, 0.5) is 5.82 Å². The molecule has 0 bridgehead atoms. The minimum absolute atomic E-state index is 0.157. The summed E-state index contributed by atoms with van der Waals surface area (Å²) >= 11 is 3.40. The Bertz CT molecular complexity index is 1230. The molecule has 0 aliphatic carbocycles. The number of amides is 1. The van der Waals surface area contributed by atoms with Gasteiger partial charge in [-0.25, -0.2) is 14.8 Å². The molecule has 4 aromatic rings. The molecule has 0 aliphatic rings. The molecule has 2 aromatic carbocycles. The van der Waals surface area contributed by atoms with E-state index in [0.29, 0.717) is 22.3 Å². The quantitative estimate of drug-likeness (QED) is 0.386. The van der Waals surface area contributed by atoms with Crippen molar-refractivity contribution in [1.29, 1.82) is 0 Å². The van der Waals surface area contributed by atoms with Crippen LogP contribution in [0.25, 0.3) is 33.3 Å². The van der Waals surface area contributed by atoms with Crippen molar-refractivity contribution >= 4 is 49.5 Å². The molecule has 7 heteroatoms. The van der Waals surface area contributed by atoms with Crippen LogP contribution in [0.5, 0.6) is 0 Å². The Kier molecular flexibility index (Phi) is 4.45. The zero-order valence-electron chi connectivity index (χ0n) is 14.3. The Labute approximate surface area is 162 Å². The lowest BCUT2D eigenvalue weighted by Crippen LogP contribution is -2.15. The first-order valence-corrected chi connectivity index (χ1v) is 9.15. The largest absolute Gasteiger partial charge is 0.422 e. The van der Waals surface area contributed by atoms with Crippen molar-refractivity contribution in [2.45, 2.75) is 13.3 Å². The molecule has 1 amide bonds. The molecule has 0 spiro atoms. The normalized spacial score (nSPS) is 11.0. The molecule has 0 fully saturated rings. The fraction of sp³-hybridized carbons (Fsp3) is 0.100. The van der Waals surface area contributed by atoms with Gasteiger partial charge in [-0.05, 0) is 24.3 Å². The predicted molar refractivity (Wildman–Crippen MR) is 108 cm³/mol. The van der Waals surface area contributed by atoms with Crippen LogP contribution in [0.3, 0.4) is 0 Å². The Morgan fingerprint density at radius 1 is 1.11 bits per heavy atom. The third-order valence-electron chi connectivity index (χ3n) is 4.14. The standard InChI is InChI=1S/C20H14BrN3O3/c1-2-15(25)22-19-16-17(13-5-3-4-6-14(13)27-20(16)26)23-18(24-19)11-7-9-12(21)10-8-11/h3-10H,2H2,1H3,(H,22,23,24,25). The molecule has 0 atom stereocenters. The molecule has 0 radical (unpaired) electrons. The lowest BCUT2D eigenvalue weighted by atomic mass is 10.1. The molecular weight excluding hydrogens is 410 g/mol. The molecular formula is C20H14BrN3O3. The minimum Gasteiger partial charge on any atom is -0.422 e. The number of para-hydroxylation sites is 1. The highest BCUT2D eigenvalue weighted by Crippen LogP contribution is 2.28. The number of halogens is 1. The van der Waals surface area contributed by atoms with Gasteiger partial charge >= 0.3 is 5.63 Å². The molecule has 1 N–H and O–H groups in total. The summed E-state index contributed by atoms with van der Waals surface area (Å²) in [6, 6.07) is 14.7. The molecule has 0 aliphatic heterocycles. The average molecular weight is 424 g/mol. The number of hydrogen-bond acceptors (Lipinski definition) is 5. The van der Waals surface area contributed by atoms with Crippen LogP contribution in [0.15, 0.2) is 62.2 Å². The second kappa shape index (κ2) is 6.92. The average Bonchev–Trinajstić information content (AvgIpc) is 2.68. The first kappa shape index (κ1) is 17.4. The lowest BCUT2D eigenvalue weighted by molar-refractivity contribution is -0.115.